The molecule has 0 amide bonds. The lowest BCUT2D eigenvalue weighted by Crippen LogP contribution is -2.28. The number of carbonyl (C=O) groups is 10. The van der Waals surface area contributed by atoms with Gasteiger partial charge in [-0.1, -0.05) is 116 Å². The van der Waals surface area contributed by atoms with Crippen LogP contribution in [-0.4, -0.2) is 134 Å². The molecule has 5 aromatic rings. The summed E-state index contributed by atoms with van der Waals surface area (Å²) in [5.74, 6) is -5.26. The summed E-state index contributed by atoms with van der Waals surface area (Å²) >= 11 is 4.24. The Morgan fingerprint density at radius 3 is 1.24 bits per heavy atom. The molecule has 1 aliphatic rings. The summed E-state index contributed by atoms with van der Waals surface area (Å²) < 4.78 is 51.9. The first-order valence-corrected chi connectivity index (χ1v) is 40.2. The smallest absolute Gasteiger partial charge is 0.332 e. The predicted octanol–water partition coefficient (Wildman–Crippen LogP) is 15.4. The Kier molecular flexibility index (Phi) is 49.3. The summed E-state index contributed by atoms with van der Waals surface area (Å²) in [5, 5.41) is 22.5. The second kappa shape index (κ2) is 55.6. The SMILES string of the molecule is CCC(CC(C)C(=O)OCc1ccc(S)cc1)C(=O)OC1CCCCC1.CCOC(=O)C(CC)CC(C)C(=O)OC(C)Cc1cccc2cc3c(O)cccc3cc12.CCOC(=O)C(CC)CC(C)C(=O)OCc1ccc(N)cc1.CCOC(=O)C(CC)CC(C)OC(=O)CN.CCOC(=O)C(CC)CC(C)OC(=O)CO. The lowest BCUT2D eigenvalue weighted by molar-refractivity contribution is -0.158. The third-order valence-electron chi connectivity index (χ3n) is 18.9. The molecule has 5 aromatic carbocycles. The monoisotopic (exact) mass is 1580 g/mol. The molecule has 0 spiro atoms. The average molecular weight is 1590 g/mol. The number of phenolic OH excluding ortho intramolecular Hbond substituents is 1. The number of aliphatic hydroxyl groups excluding tert-OH is 1. The Morgan fingerprint density at radius 1 is 0.438 bits per heavy atom. The fourth-order valence-electron chi connectivity index (χ4n) is 12.4. The molecule has 11 unspecified atom stereocenters. The third-order valence-corrected chi connectivity index (χ3v) is 19.2. The van der Waals surface area contributed by atoms with E-state index in [1.807, 2.05) is 121 Å². The van der Waals surface area contributed by atoms with Gasteiger partial charge in [0.25, 0.3) is 0 Å². The normalized spacial score (nSPS) is 14.7. The second-order valence-electron chi connectivity index (χ2n) is 28.1. The van der Waals surface area contributed by atoms with E-state index in [4.69, 9.17) is 63.9 Å². The number of nitrogens with two attached hydrogens (primary N) is 2. The summed E-state index contributed by atoms with van der Waals surface area (Å²) in [6, 6.07) is 30.3. The van der Waals surface area contributed by atoms with Crippen LogP contribution >= 0.6 is 12.6 Å². The van der Waals surface area contributed by atoms with E-state index in [-0.39, 0.29) is 139 Å². The molecule has 1 saturated carbocycles. The molecular weight excluding hydrogens is 1460 g/mol. The molecule has 0 aliphatic heterocycles. The molecule has 6 rings (SSSR count). The topological polar surface area (TPSA) is 356 Å². The van der Waals surface area contributed by atoms with Gasteiger partial charge >= 0.3 is 59.7 Å². The number of anilines is 1. The Bertz CT molecular complexity index is 3590. The Balaban J connectivity index is 0.000000488. The number of hydrogen-bond acceptors (Lipinski definition) is 25. The number of phenols is 1. The molecule has 624 valence electrons. The number of hydrogen-bond donors (Lipinski definition) is 5. The van der Waals surface area contributed by atoms with Crippen molar-refractivity contribution in [3.05, 3.63) is 114 Å². The number of aromatic hydroxyl groups is 1. The van der Waals surface area contributed by atoms with E-state index in [2.05, 4.69) is 18.7 Å². The van der Waals surface area contributed by atoms with Crippen molar-refractivity contribution in [2.75, 3.05) is 45.3 Å². The van der Waals surface area contributed by atoms with Crippen molar-refractivity contribution in [1.29, 1.82) is 0 Å². The number of thiol groups is 1. The Labute approximate surface area is 668 Å². The van der Waals surface area contributed by atoms with Crippen molar-refractivity contribution in [1.82, 2.24) is 0 Å². The number of rotatable bonds is 39. The maximum Gasteiger partial charge on any atom is 0.332 e. The zero-order chi connectivity index (χ0) is 83.8. The van der Waals surface area contributed by atoms with Crippen LogP contribution in [0.1, 0.15) is 217 Å². The second-order valence-corrected chi connectivity index (χ2v) is 28.7. The van der Waals surface area contributed by atoms with Crippen LogP contribution in [0.15, 0.2) is 102 Å². The van der Waals surface area contributed by atoms with Crippen molar-refractivity contribution in [3.8, 4) is 5.75 Å². The fourth-order valence-corrected chi connectivity index (χ4v) is 12.5. The number of fused-ring (bicyclic) bond motifs is 2. The van der Waals surface area contributed by atoms with Gasteiger partial charge < -0.3 is 69.0 Å². The van der Waals surface area contributed by atoms with Gasteiger partial charge in [0, 0.05) is 22.4 Å². The number of nitrogen functional groups attached to an aromatic ring is 1. The fraction of sp³-hybridized carbons (Fsp3) is 0.586. The van der Waals surface area contributed by atoms with Crippen LogP contribution in [0.5, 0.6) is 5.75 Å². The first-order chi connectivity index (χ1) is 53.4. The minimum atomic E-state index is -0.675. The highest BCUT2D eigenvalue weighted by atomic mass is 32.1. The van der Waals surface area contributed by atoms with Gasteiger partial charge in [-0.15, -0.1) is 12.6 Å². The van der Waals surface area contributed by atoms with E-state index in [1.54, 1.807) is 73.6 Å². The van der Waals surface area contributed by atoms with Crippen LogP contribution in [0.2, 0.25) is 0 Å². The maximum absolute atomic E-state index is 12.6. The van der Waals surface area contributed by atoms with Crippen LogP contribution in [0.25, 0.3) is 21.5 Å². The van der Waals surface area contributed by atoms with Crippen LogP contribution in [0.4, 0.5) is 5.69 Å². The molecule has 0 saturated heterocycles. The van der Waals surface area contributed by atoms with Gasteiger partial charge in [0.1, 0.15) is 37.8 Å². The Hall–Kier alpha value is -8.81. The minimum absolute atomic E-state index is 0.0577. The van der Waals surface area contributed by atoms with E-state index in [0.717, 1.165) is 68.8 Å². The highest BCUT2D eigenvalue weighted by Crippen LogP contribution is 2.33. The largest absolute Gasteiger partial charge is 0.507 e. The lowest BCUT2D eigenvalue weighted by Gasteiger charge is -2.25. The molecule has 1 fully saturated rings. The van der Waals surface area contributed by atoms with E-state index in [9.17, 15) is 53.1 Å². The number of esters is 10. The zero-order valence-corrected chi connectivity index (χ0v) is 69.7. The molecule has 0 bridgehead atoms. The number of ether oxygens (including phenoxy) is 10. The van der Waals surface area contributed by atoms with Gasteiger partial charge in [-0.3, -0.25) is 43.2 Å². The highest BCUT2D eigenvalue weighted by Gasteiger charge is 2.31. The molecule has 0 heterocycles. The van der Waals surface area contributed by atoms with Crippen LogP contribution < -0.4 is 11.5 Å². The molecule has 0 aromatic heterocycles. The Morgan fingerprint density at radius 2 is 0.821 bits per heavy atom. The van der Waals surface area contributed by atoms with Gasteiger partial charge in [-0.05, 0) is 214 Å². The minimum Gasteiger partial charge on any atom is -0.507 e. The molecule has 6 N–H and O–H groups in total. The molecule has 11 atom stereocenters. The predicted molar refractivity (Wildman–Crippen MR) is 433 cm³/mol. The van der Waals surface area contributed by atoms with Gasteiger partial charge in [0.05, 0.1) is 92.5 Å². The standard InChI is InChI=1S/C27H32O5.C21H30O4S.C17H25NO4.C11H21NO4.C11H20O5/c1-5-19(27(30)31-6-2)13-17(3)26(29)32-18(4)14-20-9-7-10-21-16-24-22(15-23(20)21)11-8-12-25(24)28;1-3-17(21(23)25-18-7-5-4-6-8-18)13-15(2)20(22)24-14-16-9-11-19(26)12-10-16;1-4-14(17(20)21-5-2)10-12(3)16(19)22-11-13-6-8-15(18)9-7-13;2*1-4-9(11(14)15-5-2)6-8(3)16-10(13)7-12/h7-12,15-19,28H,5-6,13-14H2,1-4H3;9-12,15,17-18,26H,3-8,13-14H2,1-2H3;6-9,12,14H,4-5,10-11,18H2,1-3H3;8-9H,4-7,12H2,1-3H3;8-9,12H,4-7H2,1-3H3. The van der Waals surface area contributed by atoms with E-state index in [0.29, 0.717) is 103 Å². The molecule has 1 aliphatic carbocycles. The van der Waals surface area contributed by atoms with Gasteiger partial charge in [-0.25, -0.2) is 4.79 Å². The van der Waals surface area contributed by atoms with Crippen molar-refractivity contribution in [2.45, 2.75) is 249 Å². The van der Waals surface area contributed by atoms with Crippen LogP contribution in [-0.2, 0) is 115 Å². The van der Waals surface area contributed by atoms with Crippen molar-refractivity contribution in [2.24, 2.45) is 53.1 Å². The van der Waals surface area contributed by atoms with E-state index in [1.165, 1.54) is 6.42 Å². The van der Waals surface area contributed by atoms with Crippen LogP contribution in [0.3, 0.4) is 0 Å². The molecule has 25 heteroatoms. The van der Waals surface area contributed by atoms with E-state index < -0.39 is 24.6 Å². The molecule has 0 radical (unpaired) electrons. The lowest BCUT2D eigenvalue weighted by atomic mass is 9.93. The number of aliphatic hydroxyl groups is 1. The summed E-state index contributed by atoms with van der Waals surface area (Å²) in [5.41, 5.74) is 14.3. The molecular formula is C87H128N2O22S. The van der Waals surface area contributed by atoms with Gasteiger partial charge in [0.15, 0.2) is 0 Å². The van der Waals surface area contributed by atoms with Crippen LogP contribution in [0, 0.1) is 47.3 Å². The maximum atomic E-state index is 12.6. The summed E-state index contributed by atoms with van der Waals surface area (Å²) in [6.07, 6.45) is 10.5. The first-order valence-electron chi connectivity index (χ1n) is 39.8. The molecule has 24 nitrogen and oxygen atoms in total. The number of carbonyl (C=O) groups excluding carboxylic acids is 10. The van der Waals surface area contributed by atoms with Crippen molar-refractivity contribution < 1.29 is 106 Å². The third kappa shape index (κ3) is 38.1. The summed E-state index contributed by atoms with van der Waals surface area (Å²) in [7, 11) is 0. The average Bonchev–Trinajstić information content (AvgIpc) is 0.780. The summed E-state index contributed by atoms with van der Waals surface area (Å²) in [6.45, 7) is 28.4. The van der Waals surface area contributed by atoms with Crippen molar-refractivity contribution >= 4 is 99.6 Å². The van der Waals surface area contributed by atoms with Crippen molar-refractivity contribution in [3.63, 3.8) is 0 Å². The first kappa shape index (κ1) is 99.3. The van der Waals surface area contributed by atoms with E-state index >= 15 is 0 Å². The quantitative estimate of drug-likeness (QED) is 0.00802. The number of benzene rings is 5. The molecule has 112 heavy (non-hydrogen) atoms. The highest BCUT2D eigenvalue weighted by molar-refractivity contribution is 7.80. The zero-order valence-electron chi connectivity index (χ0n) is 68.8. The van der Waals surface area contributed by atoms with Gasteiger partial charge in [0.2, 0.25) is 0 Å². The summed E-state index contributed by atoms with van der Waals surface area (Å²) in [4.78, 5) is 119. The van der Waals surface area contributed by atoms with Gasteiger partial charge in [-0.2, -0.15) is 0 Å².